The molecule has 1 unspecified atom stereocenters. The Labute approximate surface area is 267 Å². The zero-order valence-corrected chi connectivity index (χ0v) is 26.4. The van der Waals surface area contributed by atoms with E-state index < -0.39 is 12.1 Å². The predicted octanol–water partition coefficient (Wildman–Crippen LogP) is 6.79. The maximum absolute atomic E-state index is 12.4. The summed E-state index contributed by atoms with van der Waals surface area (Å²) in [5.41, 5.74) is 6.77. The number of anilines is 1. The third kappa shape index (κ3) is 7.88. The van der Waals surface area contributed by atoms with Crippen LogP contribution in [-0.4, -0.2) is 54.2 Å². The van der Waals surface area contributed by atoms with Crippen molar-refractivity contribution in [3.63, 3.8) is 0 Å². The summed E-state index contributed by atoms with van der Waals surface area (Å²) in [5.74, 6) is 0.805. The van der Waals surface area contributed by atoms with Crippen molar-refractivity contribution < 1.29 is 23.0 Å². The topological polar surface area (TPSA) is 100 Å². The second-order valence-electron chi connectivity index (χ2n) is 10.8. The van der Waals surface area contributed by atoms with E-state index in [4.69, 9.17) is 12.2 Å². The van der Waals surface area contributed by atoms with Crippen LogP contribution in [0.15, 0.2) is 83.2 Å². The third-order valence-corrected chi connectivity index (χ3v) is 8.17. The van der Waals surface area contributed by atoms with E-state index in [1.54, 1.807) is 13.1 Å². The molecule has 3 aromatic carbocycles. The molecule has 1 atom stereocenters. The summed E-state index contributed by atoms with van der Waals surface area (Å²) in [5, 5.41) is 20.6. The van der Waals surface area contributed by atoms with E-state index in [2.05, 4.69) is 62.4 Å². The Hall–Kier alpha value is -4.27. The van der Waals surface area contributed by atoms with Crippen molar-refractivity contribution in [1.29, 1.82) is 0 Å². The molecule has 4 aromatic rings. The first kappa shape index (κ1) is 32.1. The molecule has 0 aliphatic carbocycles. The molecule has 234 valence electrons. The molecule has 0 spiro atoms. The first-order valence-corrected chi connectivity index (χ1v) is 15.2. The molecule has 2 heterocycles. The van der Waals surface area contributed by atoms with Crippen LogP contribution >= 0.6 is 24.0 Å². The van der Waals surface area contributed by atoms with Crippen molar-refractivity contribution in [2.75, 3.05) is 10.7 Å². The number of thiocarbonyl (C=S) groups is 1. The minimum Gasteiger partial charge on any atom is -0.406 e. The van der Waals surface area contributed by atoms with Crippen LogP contribution in [0.2, 0.25) is 0 Å². The molecule has 9 nitrogen and oxygen atoms in total. The smallest absolute Gasteiger partial charge is 0.406 e. The van der Waals surface area contributed by atoms with Crippen molar-refractivity contribution in [2.24, 2.45) is 10.1 Å². The van der Waals surface area contributed by atoms with Crippen LogP contribution < -0.4 is 15.1 Å². The predicted molar refractivity (Wildman–Crippen MR) is 175 cm³/mol. The van der Waals surface area contributed by atoms with Gasteiger partial charge in [-0.3, -0.25) is 10.3 Å². The maximum atomic E-state index is 12.4. The zero-order chi connectivity index (χ0) is 32.4. The van der Waals surface area contributed by atoms with Gasteiger partial charge in [-0.25, -0.2) is 9.67 Å². The van der Waals surface area contributed by atoms with Crippen LogP contribution in [0, 0.1) is 6.92 Å². The van der Waals surface area contributed by atoms with Crippen LogP contribution in [0.1, 0.15) is 43.4 Å². The van der Waals surface area contributed by atoms with Gasteiger partial charge in [-0.05, 0) is 79.0 Å². The molecule has 14 heteroatoms. The number of aryl methyl sites for hydroxylation is 1. The number of aliphatic imine (C=N–C) groups is 1. The minimum atomic E-state index is -4.76. The van der Waals surface area contributed by atoms with Crippen molar-refractivity contribution in [2.45, 2.75) is 45.7 Å². The first-order valence-electron chi connectivity index (χ1n) is 13.8. The molecule has 1 aromatic heterocycles. The molecule has 5 rings (SSSR count). The van der Waals surface area contributed by atoms with Crippen molar-refractivity contribution in [3.8, 4) is 22.8 Å². The Kier molecular flexibility index (Phi) is 9.28. The summed E-state index contributed by atoms with van der Waals surface area (Å²) in [7, 11) is 0. The van der Waals surface area contributed by atoms with Gasteiger partial charge < -0.3 is 9.84 Å². The highest BCUT2D eigenvalue weighted by Crippen LogP contribution is 2.40. The molecule has 1 fully saturated rings. The minimum absolute atomic E-state index is 0.152. The van der Waals surface area contributed by atoms with E-state index in [0.717, 1.165) is 27.9 Å². The van der Waals surface area contributed by atoms with Gasteiger partial charge in [0.05, 0.1) is 11.9 Å². The molecule has 1 aliphatic rings. The number of nitrogens with one attached hydrogen (secondary N) is 1. The average molecular weight is 654 g/mol. The number of aromatic nitrogens is 3. The summed E-state index contributed by atoms with van der Waals surface area (Å²) in [4.78, 5) is 10.7. The second kappa shape index (κ2) is 13.0. The van der Waals surface area contributed by atoms with Gasteiger partial charge in [0, 0.05) is 17.0 Å². The fourth-order valence-electron chi connectivity index (χ4n) is 4.63. The van der Waals surface area contributed by atoms with E-state index in [1.165, 1.54) is 47.0 Å². The molecule has 1 saturated heterocycles. The summed E-state index contributed by atoms with van der Waals surface area (Å²) in [6.07, 6.45) is -1.68. The highest BCUT2D eigenvalue weighted by atomic mass is 32.2. The largest absolute Gasteiger partial charge is 0.573 e. The molecular formula is C31H30F3N7O2S2. The van der Waals surface area contributed by atoms with E-state index in [1.807, 2.05) is 36.1 Å². The molecule has 0 bridgehead atoms. The van der Waals surface area contributed by atoms with Gasteiger partial charge in [0.15, 0.2) is 16.7 Å². The highest BCUT2D eigenvalue weighted by Gasteiger charge is 2.41. The maximum Gasteiger partial charge on any atom is 0.573 e. The quantitative estimate of drug-likeness (QED) is 0.128. The number of aliphatic hydroxyl groups is 1. The number of rotatable bonds is 7. The highest BCUT2D eigenvalue weighted by molar-refractivity contribution is 8.14. The Balaban J connectivity index is 1.23. The fraction of sp³-hybridized carbons (Fsp3) is 0.258. The SMILES string of the molecule is Cc1ccc(C(C)C)c(N2/C(=N/C(=S)N/N=C/c3ccc(-c4ncn(-c5ccc(OC(F)(F)F)cc5)n4)cc3)SCC2(C)O)c1. The first-order chi connectivity index (χ1) is 21.3. The Morgan fingerprint density at radius 1 is 1.13 bits per heavy atom. The molecule has 0 saturated carbocycles. The third-order valence-electron chi connectivity index (χ3n) is 6.76. The monoisotopic (exact) mass is 653 g/mol. The van der Waals surface area contributed by atoms with Crippen LogP contribution in [0.5, 0.6) is 5.75 Å². The van der Waals surface area contributed by atoms with Crippen LogP contribution in [0.3, 0.4) is 0 Å². The number of benzene rings is 3. The normalized spacial score (nSPS) is 17.9. The van der Waals surface area contributed by atoms with Gasteiger partial charge in [-0.15, -0.1) is 18.3 Å². The fourth-order valence-corrected chi connectivity index (χ4v) is 5.94. The number of alkyl halides is 3. The molecule has 45 heavy (non-hydrogen) atoms. The van der Waals surface area contributed by atoms with E-state index in [0.29, 0.717) is 22.4 Å². The van der Waals surface area contributed by atoms with E-state index in [-0.39, 0.29) is 16.8 Å². The average Bonchev–Trinajstić information content (AvgIpc) is 3.57. The van der Waals surface area contributed by atoms with Crippen molar-refractivity contribution >= 4 is 46.2 Å². The Bertz CT molecular complexity index is 1740. The number of ether oxygens (including phenoxy) is 1. The van der Waals surface area contributed by atoms with Gasteiger partial charge in [0.25, 0.3) is 0 Å². The molecule has 1 aliphatic heterocycles. The lowest BCUT2D eigenvalue weighted by molar-refractivity contribution is -0.274. The van der Waals surface area contributed by atoms with Gasteiger partial charge in [-0.2, -0.15) is 10.1 Å². The summed E-state index contributed by atoms with van der Waals surface area (Å²) in [6.45, 7) is 8.01. The lowest BCUT2D eigenvalue weighted by Crippen LogP contribution is -2.46. The Morgan fingerprint density at radius 2 is 1.84 bits per heavy atom. The number of thioether (sulfide) groups is 1. The van der Waals surface area contributed by atoms with Crippen molar-refractivity contribution in [1.82, 2.24) is 20.2 Å². The lowest BCUT2D eigenvalue weighted by atomic mass is 9.98. The standard InChI is InChI=1S/C31H30F3N7O2S2/c1-19(2)25-14-5-20(3)15-26(25)41-29(45-17-30(41,4)42)37-28(44)38-36-16-21-6-8-22(9-7-21)27-35-18-40(39-27)23-10-12-24(13-11-23)43-31(32,33)34/h5-16,18-19,42H,17H2,1-4H3,(H,38,44)/b36-16+,37-29-. The summed E-state index contributed by atoms with van der Waals surface area (Å²) >= 11 is 6.87. The van der Waals surface area contributed by atoms with Gasteiger partial charge in [0.2, 0.25) is 5.11 Å². The molecule has 2 N–H and O–H groups in total. The Morgan fingerprint density at radius 3 is 2.51 bits per heavy atom. The number of halogens is 3. The number of hydrogen-bond donors (Lipinski definition) is 2. The molecule has 0 radical (unpaired) electrons. The van der Waals surface area contributed by atoms with Gasteiger partial charge in [-0.1, -0.05) is 62.0 Å². The second-order valence-corrected chi connectivity index (χ2v) is 12.1. The van der Waals surface area contributed by atoms with Gasteiger partial charge >= 0.3 is 6.36 Å². The number of amidine groups is 1. The van der Waals surface area contributed by atoms with Crippen LogP contribution in [-0.2, 0) is 0 Å². The van der Waals surface area contributed by atoms with E-state index >= 15 is 0 Å². The van der Waals surface area contributed by atoms with Gasteiger partial charge in [0.1, 0.15) is 12.1 Å². The van der Waals surface area contributed by atoms with Crippen molar-refractivity contribution in [3.05, 3.63) is 89.7 Å². The number of hydrazone groups is 1. The summed E-state index contributed by atoms with van der Waals surface area (Å²) in [6, 6.07) is 18.8. The number of nitrogens with zero attached hydrogens (tertiary/aromatic N) is 6. The molecule has 0 amide bonds. The van der Waals surface area contributed by atoms with E-state index in [9.17, 15) is 18.3 Å². The molecular weight excluding hydrogens is 624 g/mol. The van der Waals surface area contributed by atoms with Crippen LogP contribution in [0.25, 0.3) is 17.1 Å². The number of hydrogen-bond acceptors (Lipinski definition) is 7. The summed E-state index contributed by atoms with van der Waals surface area (Å²) < 4.78 is 42.6. The lowest BCUT2D eigenvalue weighted by Gasteiger charge is -2.33. The zero-order valence-electron chi connectivity index (χ0n) is 24.8. The van der Waals surface area contributed by atoms with Crippen LogP contribution in [0.4, 0.5) is 18.9 Å².